The van der Waals surface area contributed by atoms with E-state index in [2.05, 4.69) is 4.90 Å². The molecular weight excluding hydrogens is 268 g/mol. The number of carbonyl (C=O) groups excluding carboxylic acids is 1. The fourth-order valence-corrected chi connectivity index (χ4v) is 3.40. The number of esters is 1. The first-order valence-corrected chi connectivity index (χ1v) is 7.65. The van der Waals surface area contributed by atoms with Crippen molar-refractivity contribution in [3.63, 3.8) is 0 Å². The number of hydrogen-bond acceptors (Lipinski definition) is 5. The third-order valence-corrected chi connectivity index (χ3v) is 4.31. The lowest BCUT2D eigenvalue weighted by Crippen LogP contribution is -2.49. The van der Waals surface area contributed by atoms with Gasteiger partial charge in [-0.2, -0.15) is 0 Å². The quantitative estimate of drug-likeness (QED) is 0.683. The van der Waals surface area contributed by atoms with E-state index in [9.17, 15) is 4.79 Å². The van der Waals surface area contributed by atoms with Crippen LogP contribution in [0.25, 0.3) is 0 Å². The van der Waals surface area contributed by atoms with Crippen LogP contribution in [-0.4, -0.2) is 37.9 Å². The Morgan fingerprint density at radius 1 is 1.48 bits per heavy atom. The minimum Gasteiger partial charge on any atom is -0.462 e. The Labute approximate surface area is 125 Å². The van der Waals surface area contributed by atoms with Crippen molar-refractivity contribution in [2.45, 2.75) is 38.3 Å². The van der Waals surface area contributed by atoms with E-state index in [1.54, 1.807) is 6.07 Å². The highest BCUT2D eigenvalue weighted by atomic mass is 16.5. The minimum atomic E-state index is -0.305. The number of ether oxygens (including phenoxy) is 2. The molecule has 0 spiro atoms. The van der Waals surface area contributed by atoms with E-state index in [-0.39, 0.29) is 12.1 Å². The van der Waals surface area contributed by atoms with Gasteiger partial charge in [-0.3, -0.25) is 0 Å². The Balaban J connectivity index is 1.95. The highest BCUT2D eigenvalue weighted by Gasteiger charge is 2.37. The first-order valence-electron chi connectivity index (χ1n) is 7.65. The molecule has 1 aromatic rings. The Bertz CT molecular complexity index is 532. The van der Waals surface area contributed by atoms with E-state index in [1.165, 1.54) is 6.42 Å². The second-order valence-electron chi connectivity index (χ2n) is 5.60. The fourth-order valence-electron chi connectivity index (χ4n) is 3.40. The Hall–Kier alpha value is -1.75. The SMILES string of the molecule is CCOC(=O)c1cc(N)ccc1N1CCOC2CCCC21. The second kappa shape index (κ2) is 5.93. The summed E-state index contributed by atoms with van der Waals surface area (Å²) in [6.07, 6.45) is 3.67. The van der Waals surface area contributed by atoms with Gasteiger partial charge < -0.3 is 20.1 Å². The zero-order valence-electron chi connectivity index (χ0n) is 12.4. The summed E-state index contributed by atoms with van der Waals surface area (Å²) in [5, 5.41) is 0. The van der Waals surface area contributed by atoms with E-state index < -0.39 is 0 Å². The molecule has 5 nitrogen and oxygen atoms in total. The smallest absolute Gasteiger partial charge is 0.340 e. The summed E-state index contributed by atoms with van der Waals surface area (Å²) in [6, 6.07) is 5.85. The van der Waals surface area contributed by atoms with Gasteiger partial charge in [-0.25, -0.2) is 4.79 Å². The number of morpholine rings is 1. The van der Waals surface area contributed by atoms with Crippen LogP contribution in [-0.2, 0) is 9.47 Å². The number of anilines is 2. The van der Waals surface area contributed by atoms with Gasteiger partial charge in [-0.15, -0.1) is 0 Å². The zero-order chi connectivity index (χ0) is 14.8. The lowest BCUT2D eigenvalue weighted by molar-refractivity contribution is 0.0253. The number of nitrogen functional groups attached to an aromatic ring is 1. The number of nitrogens with two attached hydrogens (primary N) is 1. The van der Waals surface area contributed by atoms with Crippen LogP contribution in [0.2, 0.25) is 0 Å². The summed E-state index contributed by atoms with van der Waals surface area (Å²) in [5.41, 5.74) is 7.91. The molecule has 1 aromatic carbocycles. The summed E-state index contributed by atoms with van der Waals surface area (Å²) in [6.45, 7) is 3.68. The number of hydrogen-bond donors (Lipinski definition) is 1. The molecule has 2 aliphatic rings. The second-order valence-corrected chi connectivity index (χ2v) is 5.60. The van der Waals surface area contributed by atoms with Gasteiger partial charge in [0, 0.05) is 12.2 Å². The molecule has 2 unspecified atom stereocenters. The van der Waals surface area contributed by atoms with Gasteiger partial charge in [0.1, 0.15) is 0 Å². The molecule has 1 saturated heterocycles. The molecule has 1 heterocycles. The van der Waals surface area contributed by atoms with Crippen molar-refractivity contribution in [1.82, 2.24) is 0 Å². The molecule has 0 aromatic heterocycles. The molecule has 114 valence electrons. The van der Waals surface area contributed by atoms with Gasteiger partial charge in [0.15, 0.2) is 0 Å². The van der Waals surface area contributed by atoms with Crippen molar-refractivity contribution in [2.75, 3.05) is 30.4 Å². The molecule has 0 amide bonds. The topological polar surface area (TPSA) is 64.8 Å². The van der Waals surface area contributed by atoms with Crippen molar-refractivity contribution in [2.24, 2.45) is 0 Å². The van der Waals surface area contributed by atoms with Gasteiger partial charge in [0.25, 0.3) is 0 Å². The number of fused-ring (bicyclic) bond motifs is 1. The van der Waals surface area contributed by atoms with E-state index >= 15 is 0 Å². The van der Waals surface area contributed by atoms with Crippen LogP contribution in [0, 0.1) is 0 Å². The third kappa shape index (κ3) is 2.70. The third-order valence-electron chi connectivity index (χ3n) is 4.31. The van der Waals surface area contributed by atoms with Crippen LogP contribution in [0.4, 0.5) is 11.4 Å². The van der Waals surface area contributed by atoms with Gasteiger partial charge in [-0.1, -0.05) is 0 Å². The highest BCUT2D eigenvalue weighted by molar-refractivity contribution is 5.97. The number of rotatable bonds is 3. The average molecular weight is 290 g/mol. The summed E-state index contributed by atoms with van der Waals surface area (Å²) < 4.78 is 11.0. The lowest BCUT2D eigenvalue weighted by Gasteiger charge is -2.40. The van der Waals surface area contributed by atoms with Gasteiger partial charge >= 0.3 is 5.97 Å². The van der Waals surface area contributed by atoms with Crippen LogP contribution in [0.3, 0.4) is 0 Å². The number of benzene rings is 1. The normalized spacial score (nSPS) is 24.7. The highest BCUT2D eigenvalue weighted by Crippen LogP contribution is 2.35. The van der Waals surface area contributed by atoms with E-state index in [0.717, 1.165) is 25.1 Å². The molecule has 1 aliphatic carbocycles. The zero-order valence-corrected chi connectivity index (χ0v) is 12.4. The molecule has 2 fully saturated rings. The van der Waals surface area contributed by atoms with Crippen molar-refractivity contribution in [3.05, 3.63) is 23.8 Å². The van der Waals surface area contributed by atoms with Crippen LogP contribution < -0.4 is 10.6 Å². The predicted molar refractivity (Wildman–Crippen MR) is 81.5 cm³/mol. The average Bonchev–Trinajstić information content (AvgIpc) is 2.96. The van der Waals surface area contributed by atoms with E-state index in [4.69, 9.17) is 15.2 Å². The van der Waals surface area contributed by atoms with Crippen LogP contribution in [0.5, 0.6) is 0 Å². The molecule has 2 N–H and O–H groups in total. The first kappa shape index (κ1) is 14.2. The molecule has 1 saturated carbocycles. The molecular formula is C16H22N2O3. The maximum Gasteiger partial charge on any atom is 0.340 e. The Kier molecular flexibility index (Phi) is 4.01. The van der Waals surface area contributed by atoms with Crippen molar-refractivity contribution in [3.8, 4) is 0 Å². The molecule has 3 rings (SSSR count). The summed E-state index contributed by atoms with van der Waals surface area (Å²) in [7, 11) is 0. The predicted octanol–water partition coefficient (Wildman–Crippen LogP) is 2.20. The number of nitrogens with zero attached hydrogens (tertiary/aromatic N) is 1. The van der Waals surface area contributed by atoms with E-state index in [1.807, 2.05) is 19.1 Å². The summed E-state index contributed by atoms with van der Waals surface area (Å²) in [5.74, 6) is -0.305. The molecule has 0 bridgehead atoms. The standard InChI is InChI=1S/C16H22N2O3/c1-2-20-16(19)12-10-11(17)6-7-13(12)18-8-9-21-15-5-3-4-14(15)18/h6-7,10,14-15H,2-5,8-9,17H2,1H3. The minimum absolute atomic E-state index is 0.284. The molecule has 2 atom stereocenters. The van der Waals surface area contributed by atoms with Crippen LogP contribution in [0.1, 0.15) is 36.5 Å². The van der Waals surface area contributed by atoms with Crippen molar-refractivity contribution < 1.29 is 14.3 Å². The maximum absolute atomic E-state index is 12.2. The van der Waals surface area contributed by atoms with E-state index in [0.29, 0.717) is 30.5 Å². The summed E-state index contributed by atoms with van der Waals surface area (Å²) in [4.78, 5) is 14.5. The molecule has 1 aliphatic heterocycles. The van der Waals surface area contributed by atoms with Gasteiger partial charge in [0.05, 0.1) is 36.6 Å². The monoisotopic (exact) mass is 290 g/mol. The van der Waals surface area contributed by atoms with Crippen LogP contribution in [0.15, 0.2) is 18.2 Å². The van der Waals surface area contributed by atoms with Gasteiger partial charge in [0.2, 0.25) is 0 Å². The molecule has 0 radical (unpaired) electrons. The first-order chi connectivity index (χ1) is 10.2. The lowest BCUT2D eigenvalue weighted by atomic mass is 10.1. The Morgan fingerprint density at radius 3 is 3.14 bits per heavy atom. The van der Waals surface area contributed by atoms with Crippen LogP contribution >= 0.6 is 0 Å². The number of carbonyl (C=O) groups is 1. The maximum atomic E-state index is 12.2. The molecule has 5 heteroatoms. The fraction of sp³-hybridized carbons (Fsp3) is 0.562. The van der Waals surface area contributed by atoms with Crippen molar-refractivity contribution in [1.29, 1.82) is 0 Å². The Morgan fingerprint density at radius 2 is 2.33 bits per heavy atom. The van der Waals surface area contributed by atoms with Crippen molar-refractivity contribution >= 4 is 17.3 Å². The molecule has 21 heavy (non-hydrogen) atoms. The largest absolute Gasteiger partial charge is 0.462 e. The van der Waals surface area contributed by atoms with Gasteiger partial charge in [-0.05, 0) is 44.4 Å². The summed E-state index contributed by atoms with van der Waals surface area (Å²) >= 11 is 0.